The van der Waals surface area contributed by atoms with E-state index in [9.17, 15) is 0 Å². The number of fused-ring (bicyclic) bond motifs is 3. The first-order valence-corrected chi connectivity index (χ1v) is 16.1. The summed E-state index contributed by atoms with van der Waals surface area (Å²) in [5.74, 6) is 0. The van der Waals surface area contributed by atoms with Crippen LogP contribution in [-0.2, 0) is 0 Å². The van der Waals surface area contributed by atoms with Crippen LogP contribution in [0.2, 0.25) is 0 Å². The second-order valence-corrected chi connectivity index (χ2v) is 10.8. The summed E-state index contributed by atoms with van der Waals surface area (Å²) in [5, 5.41) is 2.21. The molecule has 3 heteroatoms. The predicted molar refractivity (Wildman–Crippen MR) is 199 cm³/mol. The molecule has 230 valence electrons. The summed E-state index contributed by atoms with van der Waals surface area (Å²) in [6, 6.07) is 33.5. The fourth-order valence-electron chi connectivity index (χ4n) is 5.45. The van der Waals surface area contributed by atoms with E-state index in [2.05, 4.69) is 128 Å². The highest BCUT2D eigenvalue weighted by atomic mass is 16.3. The van der Waals surface area contributed by atoms with Gasteiger partial charge in [-0.25, -0.2) is 0 Å². The van der Waals surface area contributed by atoms with Gasteiger partial charge < -0.3 is 10.2 Å². The van der Waals surface area contributed by atoms with Gasteiger partial charge in [0.2, 0.25) is 0 Å². The van der Waals surface area contributed by atoms with Gasteiger partial charge >= 0.3 is 0 Å². The van der Waals surface area contributed by atoms with E-state index in [0.29, 0.717) is 13.0 Å². The minimum Gasteiger partial charge on any atom is -0.456 e. The molecule has 1 aliphatic carbocycles. The topological polar surface area (TPSA) is 51.5 Å². The van der Waals surface area contributed by atoms with Gasteiger partial charge in [-0.15, -0.1) is 0 Å². The summed E-state index contributed by atoms with van der Waals surface area (Å²) < 4.78 is 6.19. The Labute approximate surface area is 273 Å². The number of benzene rings is 4. The molecule has 0 atom stereocenters. The summed E-state index contributed by atoms with van der Waals surface area (Å²) in [6.45, 7) is 6.64. The molecule has 0 radical (unpaired) electrons. The van der Waals surface area contributed by atoms with Gasteiger partial charge in [-0.2, -0.15) is 0 Å². The quantitative estimate of drug-likeness (QED) is 0.135. The van der Waals surface area contributed by atoms with Crippen LogP contribution in [0.1, 0.15) is 44.7 Å². The molecule has 0 spiro atoms. The van der Waals surface area contributed by atoms with Crippen LogP contribution in [0.3, 0.4) is 0 Å². The second-order valence-electron chi connectivity index (χ2n) is 10.8. The van der Waals surface area contributed by atoms with Crippen LogP contribution in [0, 0.1) is 0 Å². The number of aliphatic imine (C=N–C) groups is 1. The van der Waals surface area contributed by atoms with E-state index in [0.717, 1.165) is 50.9 Å². The highest BCUT2D eigenvalue weighted by molar-refractivity contribution is 6.13. The molecule has 4 aromatic carbocycles. The molecule has 5 aromatic rings. The summed E-state index contributed by atoms with van der Waals surface area (Å²) >= 11 is 0. The first-order valence-electron chi connectivity index (χ1n) is 16.1. The van der Waals surface area contributed by atoms with Gasteiger partial charge in [0.15, 0.2) is 0 Å². The van der Waals surface area contributed by atoms with Crippen molar-refractivity contribution in [1.82, 2.24) is 0 Å². The van der Waals surface area contributed by atoms with Gasteiger partial charge in [0.05, 0.1) is 12.3 Å². The van der Waals surface area contributed by atoms with Crippen molar-refractivity contribution in [1.29, 1.82) is 0 Å². The number of allylic oxidation sites excluding steroid dienone is 9. The molecule has 46 heavy (non-hydrogen) atoms. The van der Waals surface area contributed by atoms with Crippen molar-refractivity contribution in [2.24, 2.45) is 10.7 Å². The lowest BCUT2D eigenvalue weighted by atomic mass is 9.98. The van der Waals surface area contributed by atoms with E-state index in [1.54, 1.807) is 0 Å². The molecule has 0 amide bonds. The Morgan fingerprint density at radius 3 is 2.43 bits per heavy atom. The largest absolute Gasteiger partial charge is 0.456 e. The van der Waals surface area contributed by atoms with Crippen LogP contribution in [0.25, 0.3) is 38.6 Å². The number of nitrogens with two attached hydrogens (primary N) is 1. The van der Waals surface area contributed by atoms with Crippen molar-refractivity contribution in [3.63, 3.8) is 0 Å². The summed E-state index contributed by atoms with van der Waals surface area (Å²) in [7, 11) is 0. The lowest BCUT2D eigenvalue weighted by Crippen LogP contribution is -2.05. The first-order chi connectivity index (χ1) is 22.7. The molecular formula is C43H42N2O. The third-order valence-electron chi connectivity index (χ3n) is 7.77. The molecule has 3 nitrogen and oxygen atoms in total. The van der Waals surface area contributed by atoms with E-state index >= 15 is 0 Å². The Balaban J connectivity index is 0.00000204. The number of hydrogen-bond donors (Lipinski definition) is 1. The minimum absolute atomic E-state index is 0.575. The van der Waals surface area contributed by atoms with Crippen molar-refractivity contribution >= 4 is 33.2 Å². The van der Waals surface area contributed by atoms with Crippen LogP contribution >= 0.6 is 0 Å². The third-order valence-corrected chi connectivity index (χ3v) is 7.77. The van der Waals surface area contributed by atoms with Crippen molar-refractivity contribution in [3.05, 3.63) is 174 Å². The summed E-state index contributed by atoms with van der Waals surface area (Å²) in [4.78, 5) is 5.04. The number of rotatable bonds is 9. The van der Waals surface area contributed by atoms with E-state index in [1.807, 2.05) is 44.2 Å². The zero-order valence-electron chi connectivity index (χ0n) is 27.0. The standard InChI is InChI=1S/C41H36N2O.C2H6/c1-2-31(33-19-12-20-34(26-33)32-16-8-5-9-17-32)18-13-21-36(42)28-39(43-29-30-14-6-3-4-7-15-30)35-24-25-38-37-22-10-11-23-40(37)44-41(38)27-35;1-2/h2-6,8-20,22-28H,7,21,29,42H2,1H3;1-2H3/b18-13-,31-2+,36-28-,43-39?;. The molecular weight excluding hydrogens is 560 g/mol. The smallest absolute Gasteiger partial charge is 0.136 e. The van der Waals surface area contributed by atoms with Crippen molar-refractivity contribution in [3.8, 4) is 11.1 Å². The van der Waals surface area contributed by atoms with Crippen molar-refractivity contribution in [2.45, 2.75) is 33.6 Å². The molecule has 0 unspecified atom stereocenters. The van der Waals surface area contributed by atoms with Gasteiger partial charge in [0.1, 0.15) is 11.2 Å². The monoisotopic (exact) mass is 602 g/mol. The maximum Gasteiger partial charge on any atom is 0.136 e. The zero-order valence-corrected chi connectivity index (χ0v) is 27.0. The molecule has 1 aliphatic rings. The third kappa shape index (κ3) is 7.99. The van der Waals surface area contributed by atoms with E-state index < -0.39 is 0 Å². The fraction of sp³-hybridized carbons (Fsp3) is 0.140. The number of hydrogen-bond acceptors (Lipinski definition) is 3. The van der Waals surface area contributed by atoms with Gasteiger partial charge in [-0.1, -0.05) is 135 Å². The van der Waals surface area contributed by atoms with Gasteiger partial charge in [0, 0.05) is 28.5 Å². The van der Waals surface area contributed by atoms with Crippen LogP contribution < -0.4 is 5.73 Å². The maximum absolute atomic E-state index is 6.63. The van der Waals surface area contributed by atoms with Crippen molar-refractivity contribution in [2.75, 3.05) is 6.54 Å². The SMILES string of the molecule is C/C=C(\C=C/C/C(N)=C/C(=NCC1=CCC=CC=C1)c1ccc2c(c1)oc1ccccc12)c1cccc(-c2ccccc2)c1.CC. The lowest BCUT2D eigenvalue weighted by Gasteiger charge is -2.07. The molecule has 2 N–H and O–H groups in total. The lowest BCUT2D eigenvalue weighted by molar-refractivity contribution is 0.669. The predicted octanol–water partition coefficient (Wildman–Crippen LogP) is 11.4. The molecule has 0 saturated carbocycles. The summed E-state index contributed by atoms with van der Waals surface area (Å²) in [6.07, 6.45) is 20.5. The van der Waals surface area contributed by atoms with Gasteiger partial charge in [-0.3, -0.25) is 4.99 Å². The van der Waals surface area contributed by atoms with Crippen molar-refractivity contribution < 1.29 is 4.42 Å². The number of nitrogens with zero attached hydrogens (tertiary/aromatic N) is 1. The van der Waals surface area contributed by atoms with Crippen LogP contribution in [0.4, 0.5) is 0 Å². The molecule has 1 aromatic heterocycles. The van der Waals surface area contributed by atoms with Crippen LogP contribution in [0.5, 0.6) is 0 Å². The Kier molecular flexibility index (Phi) is 11.2. The fourth-order valence-corrected chi connectivity index (χ4v) is 5.45. The highest BCUT2D eigenvalue weighted by Gasteiger charge is 2.10. The van der Waals surface area contributed by atoms with Crippen LogP contribution in [-0.4, -0.2) is 12.3 Å². The van der Waals surface area contributed by atoms with Gasteiger partial charge in [-0.05, 0) is 71.5 Å². The molecule has 6 rings (SSSR count). The zero-order chi connectivity index (χ0) is 32.1. The van der Waals surface area contributed by atoms with E-state index in [-0.39, 0.29) is 0 Å². The molecule has 0 saturated heterocycles. The first kappa shape index (κ1) is 32.0. The Morgan fingerprint density at radius 2 is 1.59 bits per heavy atom. The average Bonchev–Trinajstić information content (AvgIpc) is 3.27. The Bertz CT molecular complexity index is 1990. The van der Waals surface area contributed by atoms with Crippen LogP contribution in [0.15, 0.2) is 172 Å². The normalized spacial score (nSPS) is 14.0. The minimum atomic E-state index is 0.575. The average molecular weight is 603 g/mol. The Morgan fingerprint density at radius 1 is 0.804 bits per heavy atom. The van der Waals surface area contributed by atoms with E-state index in [1.165, 1.54) is 22.3 Å². The maximum atomic E-state index is 6.63. The Hall–Kier alpha value is -5.41. The second kappa shape index (κ2) is 16.1. The number of para-hydroxylation sites is 1. The molecule has 0 aliphatic heterocycles. The molecule has 1 heterocycles. The highest BCUT2D eigenvalue weighted by Crippen LogP contribution is 2.30. The summed E-state index contributed by atoms with van der Waals surface area (Å²) in [5.41, 5.74) is 16.8. The number of furan rings is 1. The molecule has 0 fully saturated rings. The van der Waals surface area contributed by atoms with E-state index in [4.69, 9.17) is 15.1 Å². The molecule has 0 bridgehead atoms. The van der Waals surface area contributed by atoms with Gasteiger partial charge in [0.25, 0.3) is 0 Å².